The first-order chi connectivity index (χ1) is 11.0. The Hall–Kier alpha value is -2.35. The predicted octanol–water partition coefficient (Wildman–Crippen LogP) is 2.27. The average Bonchev–Trinajstić information content (AvgIpc) is 2.82. The van der Waals surface area contributed by atoms with Crippen LogP contribution in [0.25, 0.3) is 0 Å². The SMILES string of the molecule is COc1ccc(OC)c(/C=N\NC(=O)c2nn(C)c(C)c2Br)c1. The van der Waals surface area contributed by atoms with Crippen molar-refractivity contribution in [2.45, 2.75) is 6.92 Å². The van der Waals surface area contributed by atoms with Gasteiger partial charge in [0.1, 0.15) is 11.5 Å². The highest BCUT2D eigenvalue weighted by atomic mass is 79.9. The molecule has 0 aliphatic heterocycles. The number of rotatable bonds is 5. The molecule has 1 amide bonds. The van der Waals surface area contributed by atoms with Crippen LogP contribution < -0.4 is 14.9 Å². The molecule has 8 heteroatoms. The molecule has 1 aromatic heterocycles. The van der Waals surface area contributed by atoms with E-state index in [9.17, 15) is 4.79 Å². The van der Waals surface area contributed by atoms with E-state index in [-0.39, 0.29) is 5.69 Å². The van der Waals surface area contributed by atoms with Gasteiger partial charge in [0.2, 0.25) is 0 Å². The number of hydrazone groups is 1. The van der Waals surface area contributed by atoms with Crippen LogP contribution in [0.3, 0.4) is 0 Å². The Morgan fingerprint density at radius 2 is 2.13 bits per heavy atom. The maximum Gasteiger partial charge on any atom is 0.293 e. The largest absolute Gasteiger partial charge is 0.497 e. The van der Waals surface area contributed by atoms with Crippen LogP contribution in [0.1, 0.15) is 21.7 Å². The third-order valence-corrected chi connectivity index (χ3v) is 4.23. The highest BCUT2D eigenvalue weighted by molar-refractivity contribution is 9.10. The standard InChI is InChI=1S/C15H17BrN4O3/c1-9-13(16)14(19-20(9)2)15(21)18-17-8-10-7-11(22-3)5-6-12(10)23-4/h5-8H,1-4H3,(H,18,21)/b17-8-. The number of halogens is 1. The lowest BCUT2D eigenvalue weighted by Crippen LogP contribution is -2.19. The minimum absolute atomic E-state index is 0.278. The van der Waals surface area contributed by atoms with Crippen molar-refractivity contribution >= 4 is 28.1 Å². The number of carbonyl (C=O) groups excluding carboxylic acids is 1. The van der Waals surface area contributed by atoms with Crippen molar-refractivity contribution in [3.63, 3.8) is 0 Å². The summed E-state index contributed by atoms with van der Waals surface area (Å²) in [5, 5.41) is 8.09. The molecule has 2 aromatic rings. The maximum absolute atomic E-state index is 12.1. The number of aromatic nitrogens is 2. The van der Waals surface area contributed by atoms with Crippen molar-refractivity contribution in [2.24, 2.45) is 12.1 Å². The van der Waals surface area contributed by atoms with E-state index >= 15 is 0 Å². The highest BCUT2D eigenvalue weighted by Crippen LogP contribution is 2.22. The minimum atomic E-state index is -0.404. The Bertz CT molecular complexity index is 755. The molecule has 0 fully saturated rings. The fourth-order valence-electron chi connectivity index (χ4n) is 1.88. The van der Waals surface area contributed by atoms with Crippen molar-refractivity contribution < 1.29 is 14.3 Å². The smallest absolute Gasteiger partial charge is 0.293 e. The highest BCUT2D eigenvalue weighted by Gasteiger charge is 2.17. The second-order valence-corrected chi connectivity index (χ2v) is 5.47. The van der Waals surface area contributed by atoms with Crippen LogP contribution in [-0.4, -0.2) is 36.1 Å². The van der Waals surface area contributed by atoms with Crippen molar-refractivity contribution in [3.05, 3.63) is 39.6 Å². The summed E-state index contributed by atoms with van der Waals surface area (Å²) >= 11 is 3.35. The molecule has 1 N–H and O–H groups in total. The molecule has 0 spiro atoms. The van der Waals surface area contributed by atoms with Gasteiger partial charge in [-0.05, 0) is 41.1 Å². The van der Waals surface area contributed by atoms with E-state index in [1.165, 1.54) is 6.21 Å². The van der Waals surface area contributed by atoms with Gasteiger partial charge in [0.05, 0.1) is 30.6 Å². The van der Waals surface area contributed by atoms with E-state index in [1.807, 2.05) is 6.92 Å². The Morgan fingerprint density at radius 1 is 1.39 bits per heavy atom. The monoisotopic (exact) mass is 380 g/mol. The number of methoxy groups -OCH3 is 2. The topological polar surface area (TPSA) is 77.7 Å². The molecule has 2 rings (SSSR count). The average molecular weight is 381 g/mol. The third-order valence-electron chi connectivity index (χ3n) is 3.28. The fourth-order valence-corrected chi connectivity index (χ4v) is 2.40. The number of amides is 1. The Balaban J connectivity index is 2.15. The summed E-state index contributed by atoms with van der Waals surface area (Å²) in [6, 6.07) is 5.30. The molecule has 0 radical (unpaired) electrons. The molecule has 0 unspecified atom stereocenters. The predicted molar refractivity (Wildman–Crippen MR) is 90.3 cm³/mol. The fraction of sp³-hybridized carbons (Fsp3) is 0.267. The van der Waals surface area contributed by atoms with Gasteiger partial charge in [0.25, 0.3) is 5.91 Å². The van der Waals surface area contributed by atoms with Crippen LogP contribution in [0.4, 0.5) is 0 Å². The van der Waals surface area contributed by atoms with E-state index in [1.54, 1.807) is 44.1 Å². The number of carbonyl (C=O) groups is 1. The quantitative estimate of drug-likeness (QED) is 0.637. The molecule has 1 aromatic carbocycles. The summed E-state index contributed by atoms with van der Waals surface area (Å²) in [5.74, 6) is 0.888. The van der Waals surface area contributed by atoms with E-state index < -0.39 is 5.91 Å². The summed E-state index contributed by atoms with van der Waals surface area (Å²) in [4.78, 5) is 12.1. The number of hydrogen-bond acceptors (Lipinski definition) is 5. The zero-order valence-electron chi connectivity index (χ0n) is 13.3. The molecule has 0 saturated heterocycles. The lowest BCUT2D eigenvalue weighted by molar-refractivity contribution is 0.0948. The van der Waals surface area contributed by atoms with Crippen molar-refractivity contribution in [1.29, 1.82) is 0 Å². The second kappa shape index (κ2) is 7.28. The van der Waals surface area contributed by atoms with Gasteiger partial charge in [-0.3, -0.25) is 9.48 Å². The lowest BCUT2D eigenvalue weighted by atomic mass is 10.2. The Kier molecular flexibility index (Phi) is 5.38. The number of nitrogens with one attached hydrogen (secondary N) is 1. The van der Waals surface area contributed by atoms with Crippen molar-refractivity contribution in [1.82, 2.24) is 15.2 Å². The summed E-state index contributed by atoms with van der Waals surface area (Å²) in [7, 11) is 4.90. The van der Waals surface area contributed by atoms with Gasteiger partial charge >= 0.3 is 0 Å². The number of aryl methyl sites for hydroxylation is 1. The van der Waals surface area contributed by atoms with Crippen LogP contribution >= 0.6 is 15.9 Å². The minimum Gasteiger partial charge on any atom is -0.497 e. The maximum atomic E-state index is 12.1. The second-order valence-electron chi connectivity index (χ2n) is 4.68. The molecule has 122 valence electrons. The number of nitrogens with zero attached hydrogens (tertiary/aromatic N) is 3. The molecule has 1 heterocycles. The molecule has 0 saturated carbocycles. The van der Waals surface area contributed by atoms with Crippen LogP contribution in [-0.2, 0) is 7.05 Å². The number of benzene rings is 1. The van der Waals surface area contributed by atoms with Gasteiger partial charge in [-0.2, -0.15) is 10.2 Å². The van der Waals surface area contributed by atoms with Crippen molar-refractivity contribution in [2.75, 3.05) is 14.2 Å². The van der Waals surface area contributed by atoms with Crippen molar-refractivity contribution in [3.8, 4) is 11.5 Å². The van der Waals surface area contributed by atoms with Crippen LogP contribution in [0.2, 0.25) is 0 Å². The number of ether oxygens (including phenoxy) is 2. The number of hydrogen-bond donors (Lipinski definition) is 1. The summed E-state index contributed by atoms with van der Waals surface area (Å²) < 4.78 is 12.7. The van der Waals surface area contributed by atoms with E-state index in [0.717, 1.165) is 5.69 Å². The van der Waals surface area contributed by atoms with Gasteiger partial charge in [-0.1, -0.05) is 0 Å². The summed E-state index contributed by atoms with van der Waals surface area (Å²) in [6.07, 6.45) is 1.49. The molecule has 0 aliphatic carbocycles. The molecular weight excluding hydrogens is 364 g/mol. The first kappa shape index (κ1) is 17.0. The first-order valence-electron chi connectivity index (χ1n) is 6.72. The molecule has 7 nitrogen and oxygen atoms in total. The lowest BCUT2D eigenvalue weighted by Gasteiger charge is -2.06. The van der Waals surface area contributed by atoms with Gasteiger partial charge in [-0.15, -0.1) is 0 Å². The van der Waals surface area contributed by atoms with Crippen LogP contribution in [0.15, 0.2) is 27.8 Å². The Morgan fingerprint density at radius 3 is 2.70 bits per heavy atom. The summed E-state index contributed by atoms with van der Waals surface area (Å²) in [5.41, 5.74) is 4.26. The van der Waals surface area contributed by atoms with E-state index in [0.29, 0.717) is 21.5 Å². The zero-order chi connectivity index (χ0) is 17.0. The van der Waals surface area contributed by atoms with Gasteiger partial charge in [0, 0.05) is 12.6 Å². The Labute approximate surface area is 142 Å². The van der Waals surface area contributed by atoms with Gasteiger partial charge < -0.3 is 9.47 Å². The van der Waals surface area contributed by atoms with E-state index in [4.69, 9.17) is 9.47 Å². The summed E-state index contributed by atoms with van der Waals surface area (Å²) in [6.45, 7) is 1.86. The molecule has 0 atom stereocenters. The van der Waals surface area contributed by atoms with Gasteiger partial charge in [0.15, 0.2) is 5.69 Å². The van der Waals surface area contributed by atoms with Gasteiger partial charge in [-0.25, -0.2) is 5.43 Å². The molecular formula is C15H17BrN4O3. The van der Waals surface area contributed by atoms with Crippen LogP contribution in [0.5, 0.6) is 11.5 Å². The first-order valence-corrected chi connectivity index (χ1v) is 7.51. The zero-order valence-corrected chi connectivity index (χ0v) is 14.8. The van der Waals surface area contributed by atoms with E-state index in [2.05, 4.69) is 31.6 Å². The van der Waals surface area contributed by atoms with Crippen LogP contribution in [0, 0.1) is 6.92 Å². The molecule has 0 bridgehead atoms. The third kappa shape index (κ3) is 3.70. The normalized spacial score (nSPS) is 10.8. The molecule has 23 heavy (non-hydrogen) atoms. The molecule has 0 aliphatic rings.